The zero-order valence-electron chi connectivity index (χ0n) is 14.4. The van der Waals surface area contributed by atoms with Crippen LogP contribution in [0.25, 0.3) is 0 Å². The number of nitrogens with zero attached hydrogens (tertiary/aromatic N) is 3. The lowest BCUT2D eigenvalue weighted by atomic mass is 10.00. The van der Waals surface area contributed by atoms with Crippen LogP contribution in [0.15, 0.2) is 36.7 Å². The monoisotopic (exact) mass is 352 g/mol. The summed E-state index contributed by atoms with van der Waals surface area (Å²) in [6.07, 6.45) is 5.13. The lowest BCUT2D eigenvalue weighted by Crippen LogP contribution is -2.33. The molecule has 1 aromatic heterocycles. The molecule has 1 fully saturated rings. The predicted octanol–water partition coefficient (Wildman–Crippen LogP) is 1.45. The summed E-state index contributed by atoms with van der Waals surface area (Å²) in [7, 11) is 0. The van der Waals surface area contributed by atoms with E-state index in [2.05, 4.69) is 15.3 Å². The second-order valence-corrected chi connectivity index (χ2v) is 6.46. The van der Waals surface area contributed by atoms with Gasteiger partial charge in [-0.1, -0.05) is 0 Å². The standard InChI is InChI=1S/C19H20N4O3/c24-18(15-3-1-6-20-15)13-4-5-16-14(11-13)19(25)23(9-10-26-16)12-17-21-7-2-8-22-17/h2,4-5,7-8,11,15,20H,1,3,6,9-10,12H2/t15-/m1/s1. The van der Waals surface area contributed by atoms with E-state index in [0.717, 1.165) is 19.4 Å². The predicted molar refractivity (Wildman–Crippen MR) is 94.1 cm³/mol. The van der Waals surface area contributed by atoms with Crippen molar-refractivity contribution in [1.82, 2.24) is 20.2 Å². The van der Waals surface area contributed by atoms with Crippen molar-refractivity contribution in [3.63, 3.8) is 0 Å². The number of hydrogen-bond acceptors (Lipinski definition) is 6. The molecular formula is C19H20N4O3. The topological polar surface area (TPSA) is 84.4 Å². The van der Waals surface area contributed by atoms with Gasteiger partial charge >= 0.3 is 0 Å². The molecule has 0 aliphatic carbocycles. The third-order valence-electron chi connectivity index (χ3n) is 4.73. The number of benzene rings is 1. The fraction of sp³-hybridized carbons (Fsp3) is 0.368. The van der Waals surface area contributed by atoms with Crippen molar-refractivity contribution < 1.29 is 14.3 Å². The van der Waals surface area contributed by atoms with Crippen molar-refractivity contribution in [2.75, 3.05) is 19.7 Å². The summed E-state index contributed by atoms with van der Waals surface area (Å²) in [6, 6.07) is 6.69. The number of carbonyl (C=O) groups excluding carboxylic acids is 2. The molecule has 1 atom stereocenters. The number of hydrogen-bond donors (Lipinski definition) is 1. The molecule has 0 saturated carbocycles. The molecular weight excluding hydrogens is 332 g/mol. The molecule has 4 rings (SSSR count). The molecule has 2 aromatic rings. The fourth-order valence-corrected chi connectivity index (χ4v) is 3.36. The molecule has 1 saturated heterocycles. The first-order valence-electron chi connectivity index (χ1n) is 8.82. The Labute approximate surface area is 151 Å². The highest BCUT2D eigenvalue weighted by Crippen LogP contribution is 2.26. The largest absolute Gasteiger partial charge is 0.491 e. The van der Waals surface area contributed by atoms with Gasteiger partial charge in [0.15, 0.2) is 5.78 Å². The van der Waals surface area contributed by atoms with E-state index in [9.17, 15) is 9.59 Å². The first kappa shape index (κ1) is 16.7. The number of aromatic nitrogens is 2. The van der Waals surface area contributed by atoms with Gasteiger partial charge in [-0.15, -0.1) is 0 Å². The molecule has 26 heavy (non-hydrogen) atoms. The molecule has 0 spiro atoms. The summed E-state index contributed by atoms with van der Waals surface area (Å²) in [4.78, 5) is 35.7. The molecule has 1 aromatic carbocycles. The molecule has 2 aliphatic heterocycles. The van der Waals surface area contributed by atoms with Crippen molar-refractivity contribution in [1.29, 1.82) is 0 Å². The highest BCUT2D eigenvalue weighted by Gasteiger charge is 2.28. The highest BCUT2D eigenvalue weighted by atomic mass is 16.5. The third-order valence-corrected chi connectivity index (χ3v) is 4.73. The van der Waals surface area contributed by atoms with Gasteiger partial charge in [0.05, 0.1) is 24.7 Å². The van der Waals surface area contributed by atoms with E-state index >= 15 is 0 Å². The number of fused-ring (bicyclic) bond motifs is 1. The molecule has 1 amide bonds. The van der Waals surface area contributed by atoms with Crippen LogP contribution < -0.4 is 10.1 Å². The lowest BCUT2D eigenvalue weighted by Gasteiger charge is -2.19. The molecule has 0 radical (unpaired) electrons. The number of Topliss-reactive ketones (excluding diaryl/α,β-unsaturated/α-hetero) is 1. The molecule has 0 unspecified atom stereocenters. The smallest absolute Gasteiger partial charge is 0.258 e. The van der Waals surface area contributed by atoms with Crippen molar-refractivity contribution in [2.24, 2.45) is 0 Å². The van der Waals surface area contributed by atoms with Gasteiger partial charge in [0.1, 0.15) is 18.2 Å². The van der Waals surface area contributed by atoms with Crippen LogP contribution in [0.4, 0.5) is 0 Å². The quantitative estimate of drug-likeness (QED) is 0.839. The molecule has 3 heterocycles. The minimum atomic E-state index is -0.168. The fourth-order valence-electron chi connectivity index (χ4n) is 3.36. The first-order valence-corrected chi connectivity index (χ1v) is 8.82. The Kier molecular flexibility index (Phi) is 4.62. The van der Waals surface area contributed by atoms with Crippen LogP contribution in [0.1, 0.15) is 39.4 Å². The van der Waals surface area contributed by atoms with Gasteiger partial charge in [-0.3, -0.25) is 9.59 Å². The van der Waals surface area contributed by atoms with Crippen LogP contribution in [-0.2, 0) is 6.54 Å². The van der Waals surface area contributed by atoms with Crippen LogP contribution in [-0.4, -0.2) is 52.3 Å². The maximum atomic E-state index is 13.0. The maximum Gasteiger partial charge on any atom is 0.258 e. The van der Waals surface area contributed by atoms with E-state index in [1.807, 2.05) is 0 Å². The Morgan fingerprint density at radius 3 is 2.92 bits per heavy atom. The summed E-state index contributed by atoms with van der Waals surface area (Å²) in [6.45, 7) is 2.00. The second kappa shape index (κ2) is 7.21. The normalized spacial score (nSPS) is 19.6. The van der Waals surface area contributed by atoms with Crippen molar-refractivity contribution in [2.45, 2.75) is 25.4 Å². The molecule has 2 aliphatic rings. The first-order chi connectivity index (χ1) is 12.7. The Morgan fingerprint density at radius 1 is 1.31 bits per heavy atom. The number of nitrogens with one attached hydrogen (secondary N) is 1. The van der Waals surface area contributed by atoms with Crippen LogP contribution in [0, 0.1) is 0 Å². The number of rotatable bonds is 4. The van der Waals surface area contributed by atoms with E-state index < -0.39 is 0 Å². The average Bonchev–Trinajstić information content (AvgIpc) is 3.17. The lowest BCUT2D eigenvalue weighted by molar-refractivity contribution is 0.0738. The Bertz CT molecular complexity index is 819. The Hall–Kier alpha value is -2.80. The summed E-state index contributed by atoms with van der Waals surface area (Å²) in [5.41, 5.74) is 0.959. The van der Waals surface area contributed by atoms with Gasteiger partial charge in [0, 0.05) is 18.0 Å². The Morgan fingerprint density at radius 2 is 2.15 bits per heavy atom. The van der Waals surface area contributed by atoms with E-state index in [0.29, 0.717) is 42.4 Å². The number of ketones is 1. The van der Waals surface area contributed by atoms with Crippen LogP contribution in [0.5, 0.6) is 5.75 Å². The number of ether oxygens (including phenoxy) is 1. The highest BCUT2D eigenvalue weighted by molar-refractivity contribution is 6.04. The van der Waals surface area contributed by atoms with E-state index in [1.54, 1.807) is 41.6 Å². The molecule has 1 N–H and O–H groups in total. The Balaban J connectivity index is 1.60. The molecule has 0 bridgehead atoms. The third kappa shape index (κ3) is 3.30. The van der Waals surface area contributed by atoms with Crippen molar-refractivity contribution in [3.05, 3.63) is 53.6 Å². The number of carbonyl (C=O) groups is 2. The summed E-state index contributed by atoms with van der Waals surface area (Å²) in [5, 5.41) is 3.21. The van der Waals surface area contributed by atoms with Gasteiger partial charge in [-0.05, 0) is 43.7 Å². The molecule has 7 heteroatoms. The van der Waals surface area contributed by atoms with Crippen LogP contribution in [0.3, 0.4) is 0 Å². The zero-order valence-corrected chi connectivity index (χ0v) is 14.4. The molecule has 7 nitrogen and oxygen atoms in total. The average molecular weight is 352 g/mol. The van der Waals surface area contributed by atoms with Crippen LogP contribution >= 0.6 is 0 Å². The summed E-state index contributed by atoms with van der Waals surface area (Å²) in [5.74, 6) is 0.952. The summed E-state index contributed by atoms with van der Waals surface area (Å²) >= 11 is 0. The zero-order chi connectivity index (χ0) is 17.9. The SMILES string of the molecule is O=C(c1ccc2c(c1)C(=O)N(Cc1ncccn1)CCO2)[C@H]1CCCN1. The minimum Gasteiger partial charge on any atom is -0.491 e. The van der Waals surface area contributed by atoms with E-state index in [4.69, 9.17) is 4.74 Å². The maximum absolute atomic E-state index is 13.0. The van der Waals surface area contributed by atoms with Gasteiger partial charge in [-0.25, -0.2) is 9.97 Å². The minimum absolute atomic E-state index is 0.0280. The van der Waals surface area contributed by atoms with Crippen LogP contribution in [0.2, 0.25) is 0 Å². The van der Waals surface area contributed by atoms with Gasteiger partial charge in [0.25, 0.3) is 5.91 Å². The van der Waals surface area contributed by atoms with Crippen molar-refractivity contribution >= 4 is 11.7 Å². The second-order valence-electron chi connectivity index (χ2n) is 6.46. The van der Waals surface area contributed by atoms with E-state index in [-0.39, 0.29) is 17.7 Å². The van der Waals surface area contributed by atoms with Gasteiger partial charge in [0.2, 0.25) is 0 Å². The van der Waals surface area contributed by atoms with Gasteiger partial charge in [-0.2, -0.15) is 0 Å². The molecule has 134 valence electrons. The van der Waals surface area contributed by atoms with E-state index in [1.165, 1.54) is 0 Å². The number of amides is 1. The van der Waals surface area contributed by atoms with Gasteiger partial charge < -0.3 is 15.0 Å². The summed E-state index contributed by atoms with van der Waals surface area (Å²) < 4.78 is 5.72. The van der Waals surface area contributed by atoms with Crippen molar-refractivity contribution in [3.8, 4) is 5.75 Å².